The Kier molecular flexibility index (Phi) is 4.00. The molecule has 0 aromatic heterocycles. The number of rotatable bonds is 4. The van der Waals surface area contributed by atoms with E-state index in [2.05, 4.69) is 0 Å². The quantitative estimate of drug-likeness (QED) is 0.817. The second-order valence-electron chi connectivity index (χ2n) is 3.76. The van der Waals surface area contributed by atoms with E-state index >= 15 is 0 Å². The standard InChI is InChI=1S/C11H17NO4S/c1-8-6-9(15-4)10(16-5)7-11(8)17(13,14)12(2)3/h6-7H,1-5H3. The van der Waals surface area contributed by atoms with Crippen molar-refractivity contribution < 1.29 is 17.9 Å². The van der Waals surface area contributed by atoms with E-state index in [0.717, 1.165) is 0 Å². The molecule has 96 valence electrons. The number of nitrogens with zero attached hydrogens (tertiary/aromatic N) is 1. The lowest BCUT2D eigenvalue weighted by Gasteiger charge is -2.16. The molecule has 0 aliphatic rings. The molecule has 0 spiro atoms. The lowest BCUT2D eigenvalue weighted by molar-refractivity contribution is 0.353. The summed E-state index contributed by atoms with van der Waals surface area (Å²) < 4.78 is 35.5. The van der Waals surface area contributed by atoms with Crippen LogP contribution >= 0.6 is 0 Å². The minimum absolute atomic E-state index is 0.222. The van der Waals surface area contributed by atoms with E-state index in [0.29, 0.717) is 17.1 Å². The molecule has 0 amide bonds. The highest BCUT2D eigenvalue weighted by atomic mass is 32.2. The van der Waals surface area contributed by atoms with Gasteiger partial charge in [0, 0.05) is 20.2 Å². The Labute approximate surface area is 102 Å². The normalized spacial score (nSPS) is 11.6. The van der Waals surface area contributed by atoms with Crippen molar-refractivity contribution in [2.24, 2.45) is 0 Å². The molecule has 0 aliphatic carbocycles. The van der Waals surface area contributed by atoms with E-state index in [4.69, 9.17) is 9.47 Å². The van der Waals surface area contributed by atoms with Crippen LogP contribution in [-0.2, 0) is 10.0 Å². The maximum atomic E-state index is 12.1. The first kappa shape index (κ1) is 13.8. The number of benzene rings is 1. The van der Waals surface area contributed by atoms with Gasteiger partial charge in [-0.15, -0.1) is 0 Å². The highest BCUT2D eigenvalue weighted by molar-refractivity contribution is 7.89. The van der Waals surface area contributed by atoms with Crippen LogP contribution in [0.2, 0.25) is 0 Å². The third-order valence-electron chi connectivity index (χ3n) is 2.44. The van der Waals surface area contributed by atoms with Crippen molar-refractivity contribution >= 4 is 10.0 Å². The topological polar surface area (TPSA) is 55.8 Å². The van der Waals surface area contributed by atoms with Crippen LogP contribution in [0.1, 0.15) is 5.56 Å². The van der Waals surface area contributed by atoms with Gasteiger partial charge in [-0.3, -0.25) is 0 Å². The van der Waals surface area contributed by atoms with E-state index in [1.807, 2.05) is 0 Å². The van der Waals surface area contributed by atoms with E-state index in [-0.39, 0.29) is 4.90 Å². The van der Waals surface area contributed by atoms with Crippen LogP contribution in [0.3, 0.4) is 0 Å². The van der Waals surface area contributed by atoms with Crippen LogP contribution in [0.5, 0.6) is 11.5 Å². The van der Waals surface area contributed by atoms with Crippen LogP contribution in [0.4, 0.5) is 0 Å². The van der Waals surface area contributed by atoms with Crippen molar-refractivity contribution in [1.29, 1.82) is 0 Å². The Balaban J connectivity index is 3.47. The van der Waals surface area contributed by atoms with Crippen LogP contribution in [0.15, 0.2) is 17.0 Å². The minimum atomic E-state index is -3.47. The molecule has 5 nitrogen and oxygen atoms in total. The molecule has 0 N–H and O–H groups in total. The summed E-state index contributed by atoms with van der Waals surface area (Å²) in [6.07, 6.45) is 0. The number of methoxy groups -OCH3 is 2. The molecule has 0 saturated carbocycles. The van der Waals surface area contributed by atoms with Gasteiger partial charge in [0.1, 0.15) is 0 Å². The average Bonchev–Trinajstić information content (AvgIpc) is 2.27. The zero-order chi connectivity index (χ0) is 13.2. The van der Waals surface area contributed by atoms with Crippen molar-refractivity contribution in [1.82, 2.24) is 4.31 Å². The first-order valence-electron chi connectivity index (χ1n) is 4.99. The fourth-order valence-corrected chi connectivity index (χ4v) is 2.55. The van der Waals surface area contributed by atoms with E-state index in [1.54, 1.807) is 13.0 Å². The number of aryl methyl sites for hydroxylation is 1. The number of hydrogen-bond acceptors (Lipinski definition) is 4. The zero-order valence-corrected chi connectivity index (χ0v) is 11.5. The zero-order valence-electron chi connectivity index (χ0n) is 10.6. The van der Waals surface area contributed by atoms with Crippen molar-refractivity contribution in [2.45, 2.75) is 11.8 Å². The lowest BCUT2D eigenvalue weighted by Crippen LogP contribution is -2.23. The maximum Gasteiger partial charge on any atom is 0.242 e. The van der Waals surface area contributed by atoms with Gasteiger partial charge in [0.2, 0.25) is 10.0 Å². The third-order valence-corrected chi connectivity index (χ3v) is 4.40. The van der Waals surface area contributed by atoms with Gasteiger partial charge in [0.25, 0.3) is 0 Å². The van der Waals surface area contributed by atoms with E-state index in [1.165, 1.54) is 38.7 Å². The van der Waals surface area contributed by atoms with Crippen LogP contribution in [0.25, 0.3) is 0 Å². The number of ether oxygens (including phenoxy) is 2. The molecule has 6 heteroatoms. The van der Waals surface area contributed by atoms with Crippen LogP contribution in [-0.4, -0.2) is 41.0 Å². The van der Waals surface area contributed by atoms with Gasteiger partial charge in [-0.25, -0.2) is 12.7 Å². The summed E-state index contributed by atoms with van der Waals surface area (Å²) >= 11 is 0. The maximum absolute atomic E-state index is 12.1. The van der Waals surface area contributed by atoms with E-state index in [9.17, 15) is 8.42 Å². The highest BCUT2D eigenvalue weighted by Crippen LogP contribution is 2.32. The second-order valence-corrected chi connectivity index (χ2v) is 5.88. The molecule has 0 atom stereocenters. The molecule has 0 aliphatic heterocycles. The fourth-order valence-electron chi connectivity index (χ4n) is 1.44. The molecule has 0 unspecified atom stereocenters. The fraction of sp³-hybridized carbons (Fsp3) is 0.455. The molecule has 0 saturated heterocycles. The minimum Gasteiger partial charge on any atom is -0.493 e. The molecule has 0 heterocycles. The first-order valence-corrected chi connectivity index (χ1v) is 6.43. The van der Waals surface area contributed by atoms with Gasteiger partial charge in [0.05, 0.1) is 19.1 Å². The average molecular weight is 259 g/mol. The largest absolute Gasteiger partial charge is 0.493 e. The Bertz CT molecular complexity index is 508. The van der Waals surface area contributed by atoms with Crippen molar-refractivity contribution in [2.75, 3.05) is 28.3 Å². The van der Waals surface area contributed by atoms with Crippen LogP contribution < -0.4 is 9.47 Å². The predicted molar refractivity (Wildman–Crippen MR) is 65.2 cm³/mol. The molecule has 1 aromatic rings. The molecular weight excluding hydrogens is 242 g/mol. The monoisotopic (exact) mass is 259 g/mol. The predicted octanol–water partition coefficient (Wildman–Crippen LogP) is 1.26. The van der Waals surface area contributed by atoms with Crippen molar-refractivity contribution in [3.63, 3.8) is 0 Å². The smallest absolute Gasteiger partial charge is 0.242 e. The molecule has 1 aromatic carbocycles. The van der Waals surface area contributed by atoms with Gasteiger partial charge < -0.3 is 9.47 Å². The summed E-state index contributed by atoms with van der Waals surface area (Å²) in [4.78, 5) is 0.222. The molecular formula is C11H17NO4S. The van der Waals surface area contributed by atoms with Gasteiger partial charge in [0.15, 0.2) is 11.5 Å². The third kappa shape index (κ3) is 2.53. The lowest BCUT2D eigenvalue weighted by atomic mass is 10.2. The Hall–Kier alpha value is -1.27. The van der Waals surface area contributed by atoms with Crippen molar-refractivity contribution in [3.8, 4) is 11.5 Å². The Morgan fingerprint density at radius 2 is 1.53 bits per heavy atom. The van der Waals surface area contributed by atoms with Gasteiger partial charge in [-0.2, -0.15) is 0 Å². The van der Waals surface area contributed by atoms with E-state index < -0.39 is 10.0 Å². The van der Waals surface area contributed by atoms with Crippen LogP contribution in [0, 0.1) is 6.92 Å². The van der Waals surface area contributed by atoms with Crippen molar-refractivity contribution in [3.05, 3.63) is 17.7 Å². The van der Waals surface area contributed by atoms with Gasteiger partial charge >= 0.3 is 0 Å². The summed E-state index contributed by atoms with van der Waals surface area (Å²) in [5, 5.41) is 0. The Morgan fingerprint density at radius 1 is 1.06 bits per heavy atom. The number of sulfonamides is 1. The molecule has 17 heavy (non-hydrogen) atoms. The molecule has 0 fully saturated rings. The summed E-state index contributed by atoms with van der Waals surface area (Å²) in [5.74, 6) is 0.918. The highest BCUT2D eigenvalue weighted by Gasteiger charge is 2.22. The van der Waals surface area contributed by atoms with Gasteiger partial charge in [-0.1, -0.05) is 0 Å². The molecule has 1 rings (SSSR count). The molecule has 0 radical (unpaired) electrons. The Morgan fingerprint density at radius 3 is 1.94 bits per heavy atom. The summed E-state index contributed by atoms with van der Waals surface area (Å²) in [6.45, 7) is 1.72. The van der Waals surface area contributed by atoms with Gasteiger partial charge in [-0.05, 0) is 18.6 Å². The first-order chi connectivity index (χ1) is 7.84. The second kappa shape index (κ2) is 4.93. The number of hydrogen-bond donors (Lipinski definition) is 0. The summed E-state index contributed by atoms with van der Waals surface area (Å²) in [5.41, 5.74) is 0.622. The summed E-state index contributed by atoms with van der Waals surface area (Å²) in [6, 6.07) is 3.12. The molecule has 0 bridgehead atoms. The summed E-state index contributed by atoms with van der Waals surface area (Å²) in [7, 11) is 2.50. The SMILES string of the molecule is COc1cc(C)c(S(=O)(=O)N(C)C)cc1OC.